The highest BCUT2D eigenvalue weighted by atomic mass is 15.5. The quantitative estimate of drug-likeness (QED) is 0.595. The van der Waals surface area contributed by atoms with Gasteiger partial charge in [-0.3, -0.25) is 0 Å². The van der Waals surface area contributed by atoms with Crippen LogP contribution in [0.25, 0.3) is 0 Å². The fraction of sp³-hybridized carbons (Fsp3) is 0.923. The van der Waals surface area contributed by atoms with Gasteiger partial charge in [0, 0.05) is 0 Å². The molecule has 0 bridgehead atoms. The number of aromatic amines is 1. The number of nitrogens with zero attached hydrogens (tertiary/aromatic N) is 3. The van der Waals surface area contributed by atoms with E-state index in [0.717, 1.165) is 12.4 Å². The Balaban J connectivity index is 1.87. The average Bonchev–Trinajstić information content (AvgIpc) is 2.90. The molecule has 0 saturated heterocycles. The number of nitrogens with one attached hydrogen (secondary N) is 2. The van der Waals surface area contributed by atoms with Crippen LogP contribution in [0.1, 0.15) is 77.1 Å². The molecule has 0 radical (unpaired) electrons. The molecule has 1 rings (SSSR count). The summed E-state index contributed by atoms with van der Waals surface area (Å²) in [6.45, 7) is 5.36. The van der Waals surface area contributed by atoms with E-state index in [-0.39, 0.29) is 6.04 Å². The minimum atomic E-state index is 0.188. The van der Waals surface area contributed by atoms with E-state index in [1.807, 2.05) is 0 Å². The minimum absolute atomic E-state index is 0.188. The second-order valence-electron chi connectivity index (χ2n) is 4.92. The van der Waals surface area contributed by atoms with Gasteiger partial charge in [0.15, 0.2) is 5.82 Å². The smallest absolute Gasteiger partial charge is 0.191 e. The molecule has 5 heteroatoms. The lowest BCUT2D eigenvalue weighted by Gasteiger charge is -2.09. The summed E-state index contributed by atoms with van der Waals surface area (Å²) in [4.78, 5) is 0. The van der Waals surface area contributed by atoms with E-state index in [9.17, 15) is 0 Å². The van der Waals surface area contributed by atoms with Gasteiger partial charge in [-0.15, -0.1) is 10.2 Å². The van der Waals surface area contributed by atoms with Crippen molar-refractivity contribution in [1.29, 1.82) is 0 Å². The monoisotopic (exact) mass is 253 g/mol. The van der Waals surface area contributed by atoms with Crippen LogP contribution >= 0.6 is 0 Å². The van der Waals surface area contributed by atoms with Crippen molar-refractivity contribution >= 4 is 0 Å². The van der Waals surface area contributed by atoms with Crippen molar-refractivity contribution in [3.63, 3.8) is 0 Å². The van der Waals surface area contributed by atoms with Crippen LogP contribution in [0.2, 0.25) is 0 Å². The van der Waals surface area contributed by atoms with Crippen LogP contribution in [-0.4, -0.2) is 27.2 Å². The van der Waals surface area contributed by atoms with Crippen molar-refractivity contribution in [2.45, 2.75) is 71.3 Å². The highest BCUT2D eigenvalue weighted by Gasteiger charge is 2.07. The van der Waals surface area contributed by atoms with E-state index in [4.69, 9.17) is 0 Å². The number of hydrogen-bond acceptors (Lipinski definition) is 4. The summed E-state index contributed by atoms with van der Waals surface area (Å²) in [5.41, 5.74) is 0. The van der Waals surface area contributed by atoms with Crippen LogP contribution in [0.15, 0.2) is 0 Å². The number of rotatable bonds is 11. The molecular weight excluding hydrogens is 226 g/mol. The molecule has 2 N–H and O–H groups in total. The Labute approximate surface area is 110 Å². The van der Waals surface area contributed by atoms with Crippen molar-refractivity contribution in [3.8, 4) is 0 Å². The SMILES string of the molecule is CCCCCCCCCCNC(C)c1nn[nH]n1. The van der Waals surface area contributed by atoms with Crippen molar-refractivity contribution in [3.05, 3.63) is 5.82 Å². The molecule has 5 nitrogen and oxygen atoms in total. The van der Waals surface area contributed by atoms with Gasteiger partial charge < -0.3 is 5.32 Å². The van der Waals surface area contributed by atoms with Gasteiger partial charge in [0.25, 0.3) is 0 Å². The van der Waals surface area contributed by atoms with E-state index in [0.29, 0.717) is 0 Å². The first-order valence-electron chi connectivity index (χ1n) is 7.31. The minimum Gasteiger partial charge on any atom is -0.307 e. The highest BCUT2D eigenvalue weighted by Crippen LogP contribution is 2.08. The maximum absolute atomic E-state index is 3.96. The third kappa shape index (κ3) is 6.69. The van der Waals surface area contributed by atoms with Crippen LogP contribution in [-0.2, 0) is 0 Å². The van der Waals surface area contributed by atoms with Crippen LogP contribution < -0.4 is 5.32 Å². The summed E-state index contributed by atoms with van der Waals surface area (Å²) in [6.07, 6.45) is 10.8. The summed E-state index contributed by atoms with van der Waals surface area (Å²) in [7, 11) is 0. The zero-order valence-electron chi connectivity index (χ0n) is 11.8. The maximum Gasteiger partial charge on any atom is 0.191 e. The number of tetrazole rings is 1. The van der Waals surface area contributed by atoms with Crippen molar-refractivity contribution in [1.82, 2.24) is 25.9 Å². The molecule has 0 aliphatic rings. The van der Waals surface area contributed by atoms with E-state index in [2.05, 4.69) is 39.8 Å². The average molecular weight is 253 g/mol. The second-order valence-corrected chi connectivity index (χ2v) is 4.92. The zero-order valence-corrected chi connectivity index (χ0v) is 11.8. The van der Waals surface area contributed by atoms with Crippen LogP contribution in [0.4, 0.5) is 0 Å². The summed E-state index contributed by atoms with van der Waals surface area (Å²) >= 11 is 0. The Morgan fingerprint density at radius 2 is 1.72 bits per heavy atom. The molecule has 1 aromatic rings. The van der Waals surface area contributed by atoms with E-state index < -0.39 is 0 Å². The summed E-state index contributed by atoms with van der Waals surface area (Å²) in [5.74, 6) is 0.745. The van der Waals surface area contributed by atoms with Crippen molar-refractivity contribution < 1.29 is 0 Å². The lowest BCUT2D eigenvalue weighted by molar-refractivity contribution is 0.508. The molecule has 0 saturated carbocycles. The van der Waals surface area contributed by atoms with Gasteiger partial charge in [0.2, 0.25) is 0 Å². The highest BCUT2D eigenvalue weighted by molar-refractivity contribution is 4.85. The van der Waals surface area contributed by atoms with Gasteiger partial charge in [0.1, 0.15) is 0 Å². The van der Waals surface area contributed by atoms with Gasteiger partial charge in [0.05, 0.1) is 6.04 Å². The summed E-state index contributed by atoms with van der Waals surface area (Å²) in [6, 6.07) is 0.188. The normalized spacial score (nSPS) is 12.8. The lowest BCUT2D eigenvalue weighted by Crippen LogP contribution is -2.20. The van der Waals surface area contributed by atoms with Crippen molar-refractivity contribution in [2.75, 3.05) is 6.54 Å². The molecule has 0 fully saturated rings. The van der Waals surface area contributed by atoms with Crippen LogP contribution in [0, 0.1) is 0 Å². The van der Waals surface area contributed by atoms with E-state index in [1.54, 1.807) is 0 Å². The topological polar surface area (TPSA) is 66.5 Å². The predicted octanol–water partition coefficient (Wildman–Crippen LogP) is 2.99. The largest absolute Gasteiger partial charge is 0.307 e. The summed E-state index contributed by atoms with van der Waals surface area (Å²) in [5, 5.41) is 17.4. The third-order valence-electron chi connectivity index (χ3n) is 3.23. The Kier molecular flexibility index (Phi) is 8.38. The molecule has 18 heavy (non-hydrogen) atoms. The zero-order chi connectivity index (χ0) is 13.1. The molecule has 0 aliphatic carbocycles. The Bertz CT molecular complexity index is 273. The molecule has 0 spiro atoms. The molecule has 1 atom stereocenters. The van der Waals surface area contributed by atoms with Crippen LogP contribution in [0.3, 0.4) is 0 Å². The van der Waals surface area contributed by atoms with Gasteiger partial charge in [-0.25, -0.2) is 0 Å². The van der Waals surface area contributed by atoms with E-state index >= 15 is 0 Å². The first-order valence-corrected chi connectivity index (χ1v) is 7.31. The molecular formula is C13H27N5. The Morgan fingerprint density at radius 3 is 2.33 bits per heavy atom. The molecule has 0 aromatic carbocycles. The number of aromatic nitrogens is 4. The molecule has 0 amide bonds. The van der Waals surface area contributed by atoms with Gasteiger partial charge in [-0.2, -0.15) is 5.21 Å². The first-order chi connectivity index (χ1) is 8.84. The molecule has 1 unspecified atom stereocenters. The number of H-pyrrole nitrogens is 1. The second kappa shape index (κ2) is 10.00. The standard InChI is InChI=1S/C13H27N5/c1-3-4-5-6-7-8-9-10-11-14-12(2)13-15-17-18-16-13/h12,14H,3-11H2,1-2H3,(H,15,16,17,18). The van der Waals surface area contributed by atoms with Gasteiger partial charge in [-0.05, 0) is 19.9 Å². The fourth-order valence-electron chi connectivity index (χ4n) is 2.02. The predicted molar refractivity (Wildman–Crippen MR) is 73.2 cm³/mol. The molecule has 1 aromatic heterocycles. The fourth-order valence-corrected chi connectivity index (χ4v) is 2.02. The summed E-state index contributed by atoms with van der Waals surface area (Å²) < 4.78 is 0. The third-order valence-corrected chi connectivity index (χ3v) is 3.23. The van der Waals surface area contributed by atoms with Crippen molar-refractivity contribution in [2.24, 2.45) is 0 Å². The molecule has 0 aliphatic heterocycles. The number of unbranched alkanes of at least 4 members (excludes halogenated alkanes) is 7. The van der Waals surface area contributed by atoms with Gasteiger partial charge in [-0.1, -0.05) is 57.1 Å². The maximum atomic E-state index is 3.96. The molecule has 104 valence electrons. The Hall–Kier alpha value is -0.970. The van der Waals surface area contributed by atoms with Gasteiger partial charge >= 0.3 is 0 Å². The van der Waals surface area contributed by atoms with E-state index in [1.165, 1.54) is 51.4 Å². The number of hydrogen-bond donors (Lipinski definition) is 2. The first kappa shape index (κ1) is 15.1. The lowest BCUT2D eigenvalue weighted by atomic mass is 10.1. The molecule has 1 heterocycles. The van der Waals surface area contributed by atoms with Crippen LogP contribution in [0.5, 0.6) is 0 Å². The Morgan fingerprint density at radius 1 is 1.06 bits per heavy atom.